The number of hydrogen-bond acceptors (Lipinski definition) is 3. The van der Waals surface area contributed by atoms with Gasteiger partial charge in [-0.05, 0) is 50.3 Å². The molecule has 2 N–H and O–H groups in total. The van der Waals surface area contributed by atoms with Crippen LogP contribution in [0.3, 0.4) is 0 Å². The molecule has 0 atom stereocenters. The van der Waals surface area contributed by atoms with Crippen molar-refractivity contribution in [2.24, 2.45) is 5.92 Å². The summed E-state index contributed by atoms with van der Waals surface area (Å²) >= 11 is 1.90. The maximum Gasteiger partial charge on any atom is 0.234 e. The number of nitrogens with one attached hydrogen (secondary N) is 2. The molecule has 116 valence electrons. The van der Waals surface area contributed by atoms with Crippen molar-refractivity contribution in [2.75, 3.05) is 19.6 Å². The van der Waals surface area contributed by atoms with Crippen molar-refractivity contribution in [3.8, 4) is 0 Å². The Hall–Kier alpha value is -0.710. The molecule has 0 saturated heterocycles. The lowest BCUT2D eigenvalue weighted by molar-refractivity contribution is -0.120. The Morgan fingerprint density at radius 1 is 1.24 bits per heavy atom. The van der Waals surface area contributed by atoms with Crippen LogP contribution in [-0.2, 0) is 4.79 Å². The quantitative estimate of drug-likeness (QED) is 0.772. The van der Waals surface area contributed by atoms with E-state index in [9.17, 15) is 4.79 Å². The summed E-state index contributed by atoms with van der Waals surface area (Å²) in [6, 6.07) is 10.5. The normalized spacial score (nSPS) is 18.7. The number of rotatable bonds is 8. The minimum absolute atomic E-state index is 0. The monoisotopic (exact) mass is 326 g/mol. The van der Waals surface area contributed by atoms with Gasteiger partial charge in [-0.2, -0.15) is 0 Å². The first kappa shape index (κ1) is 16.7. The van der Waals surface area contributed by atoms with Crippen molar-refractivity contribution >= 4 is 30.1 Å². The molecule has 3 rings (SSSR count). The molecule has 1 aromatic carbocycles. The van der Waals surface area contributed by atoms with Crippen LogP contribution in [0, 0.1) is 5.92 Å². The van der Waals surface area contributed by atoms with Crippen molar-refractivity contribution < 1.29 is 4.79 Å². The van der Waals surface area contributed by atoms with Crippen LogP contribution < -0.4 is 10.6 Å². The minimum atomic E-state index is 0. The van der Waals surface area contributed by atoms with Crippen molar-refractivity contribution in [3.63, 3.8) is 0 Å². The summed E-state index contributed by atoms with van der Waals surface area (Å²) in [5, 5.41) is 6.31. The lowest BCUT2D eigenvalue weighted by Gasteiger charge is -2.16. The van der Waals surface area contributed by atoms with E-state index in [-0.39, 0.29) is 23.1 Å². The number of benzene rings is 1. The van der Waals surface area contributed by atoms with Gasteiger partial charge in [0.15, 0.2) is 0 Å². The standard InChI is InChI=1S/C16H22N2OS.ClH/c19-15(11-17-10-13-6-7-13)18-12-16(8-9-16)20-14-4-2-1-3-5-14;/h1-5,13,17H,6-12H2,(H,18,19);1H. The van der Waals surface area contributed by atoms with E-state index >= 15 is 0 Å². The van der Waals surface area contributed by atoms with Crippen LogP contribution in [-0.4, -0.2) is 30.3 Å². The smallest absolute Gasteiger partial charge is 0.234 e. The number of carbonyl (C=O) groups is 1. The first-order chi connectivity index (χ1) is 9.76. The van der Waals surface area contributed by atoms with Gasteiger partial charge in [-0.25, -0.2) is 0 Å². The average Bonchev–Trinajstić information content (AvgIpc) is 3.35. The first-order valence-electron chi connectivity index (χ1n) is 7.47. The fraction of sp³-hybridized carbons (Fsp3) is 0.562. The van der Waals surface area contributed by atoms with Crippen molar-refractivity contribution in [2.45, 2.75) is 35.3 Å². The second kappa shape index (κ2) is 7.52. The predicted molar refractivity (Wildman–Crippen MR) is 90.1 cm³/mol. The number of hydrogen-bond donors (Lipinski definition) is 2. The Kier molecular flexibility index (Phi) is 5.97. The summed E-state index contributed by atoms with van der Waals surface area (Å²) in [6.45, 7) is 2.25. The molecule has 3 nitrogen and oxygen atoms in total. The summed E-state index contributed by atoms with van der Waals surface area (Å²) in [5.74, 6) is 0.955. The van der Waals surface area contributed by atoms with Crippen molar-refractivity contribution in [1.82, 2.24) is 10.6 Å². The van der Waals surface area contributed by atoms with Gasteiger partial charge in [0.25, 0.3) is 0 Å². The number of halogens is 1. The van der Waals surface area contributed by atoms with Crippen LogP contribution in [0.4, 0.5) is 0 Å². The van der Waals surface area contributed by atoms with Gasteiger partial charge in [-0.15, -0.1) is 24.2 Å². The molecule has 0 spiro atoms. The van der Waals surface area contributed by atoms with E-state index in [1.54, 1.807) is 0 Å². The molecule has 1 aromatic rings. The second-order valence-electron chi connectivity index (χ2n) is 5.95. The zero-order chi connectivity index (χ0) is 13.8. The SMILES string of the molecule is Cl.O=C(CNCC1CC1)NCC1(Sc2ccccc2)CC1. The maximum absolute atomic E-state index is 11.8. The first-order valence-corrected chi connectivity index (χ1v) is 8.29. The third-order valence-corrected chi connectivity index (χ3v) is 5.40. The van der Waals surface area contributed by atoms with Gasteiger partial charge in [0.1, 0.15) is 0 Å². The molecule has 2 aliphatic rings. The number of thioether (sulfide) groups is 1. The fourth-order valence-corrected chi connectivity index (χ4v) is 3.47. The Morgan fingerprint density at radius 2 is 1.95 bits per heavy atom. The molecule has 5 heteroatoms. The molecule has 1 amide bonds. The molecule has 2 aliphatic carbocycles. The molecule has 0 aliphatic heterocycles. The van der Waals surface area contributed by atoms with E-state index in [1.165, 1.54) is 30.6 Å². The molecular formula is C16H23ClN2OS. The molecule has 0 radical (unpaired) electrons. The second-order valence-corrected chi connectivity index (χ2v) is 7.49. The highest BCUT2D eigenvalue weighted by molar-refractivity contribution is 8.01. The predicted octanol–water partition coefficient (Wildman–Crippen LogP) is 2.85. The van der Waals surface area contributed by atoms with Gasteiger partial charge in [-0.1, -0.05) is 18.2 Å². The van der Waals surface area contributed by atoms with Gasteiger partial charge in [0, 0.05) is 16.2 Å². The van der Waals surface area contributed by atoms with Crippen LogP contribution in [0.15, 0.2) is 35.2 Å². The van der Waals surface area contributed by atoms with Crippen LogP contribution in [0.1, 0.15) is 25.7 Å². The summed E-state index contributed by atoms with van der Waals surface area (Å²) in [7, 11) is 0. The summed E-state index contributed by atoms with van der Waals surface area (Å²) in [5.41, 5.74) is 0. The maximum atomic E-state index is 11.8. The lowest BCUT2D eigenvalue weighted by Crippen LogP contribution is -2.38. The minimum Gasteiger partial charge on any atom is -0.354 e. The highest BCUT2D eigenvalue weighted by atomic mass is 35.5. The van der Waals surface area contributed by atoms with E-state index in [0.29, 0.717) is 6.54 Å². The molecule has 0 bridgehead atoms. The lowest BCUT2D eigenvalue weighted by atomic mass is 10.4. The fourth-order valence-electron chi connectivity index (χ4n) is 2.23. The van der Waals surface area contributed by atoms with Crippen molar-refractivity contribution in [3.05, 3.63) is 30.3 Å². The molecule has 2 fully saturated rings. The summed E-state index contributed by atoms with van der Waals surface area (Å²) in [4.78, 5) is 13.1. The Balaban J connectivity index is 0.00000161. The largest absolute Gasteiger partial charge is 0.354 e. The van der Waals surface area contributed by atoms with Gasteiger partial charge < -0.3 is 10.6 Å². The summed E-state index contributed by atoms with van der Waals surface area (Å²) in [6.07, 6.45) is 5.04. The van der Waals surface area contributed by atoms with Crippen LogP contribution in [0.5, 0.6) is 0 Å². The zero-order valence-corrected chi connectivity index (χ0v) is 13.8. The zero-order valence-electron chi connectivity index (χ0n) is 12.1. The van der Waals surface area contributed by atoms with E-state index in [4.69, 9.17) is 0 Å². The van der Waals surface area contributed by atoms with E-state index in [1.807, 2.05) is 17.8 Å². The molecule has 2 saturated carbocycles. The highest BCUT2D eigenvalue weighted by Gasteiger charge is 2.43. The van der Waals surface area contributed by atoms with E-state index in [0.717, 1.165) is 19.0 Å². The molecule has 0 heterocycles. The third-order valence-electron chi connectivity index (χ3n) is 3.91. The number of amides is 1. The molecule has 0 aromatic heterocycles. The van der Waals surface area contributed by atoms with Crippen molar-refractivity contribution in [1.29, 1.82) is 0 Å². The van der Waals surface area contributed by atoms with Gasteiger partial charge >= 0.3 is 0 Å². The topological polar surface area (TPSA) is 41.1 Å². The van der Waals surface area contributed by atoms with Gasteiger partial charge in [0.2, 0.25) is 5.91 Å². The number of carbonyl (C=O) groups excluding carboxylic acids is 1. The molecular weight excluding hydrogens is 304 g/mol. The Morgan fingerprint density at radius 3 is 2.57 bits per heavy atom. The summed E-state index contributed by atoms with van der Waals surface area (Å²) < 4.78 is 0.244. The average molecular weight is 327 g/mol. The highest BCUT2D eigenvalue weighted by Crippen LogP contribution is 2.51. The molecule has 21 heavy (non-hydrogen) atoms. The van der Waals surface area contributed by atoms with Gasteiger partial charge in [-0.3, -0.25) is 4.79 Å². The van der Waals surface area contributed by atoms with Crippen LogP contribution >= 0.6 is 24.2 Å². The van der Waals surface area contributed by atoms with Gasteiger partial charge in [0.05, 0.1) is 6.54 Å². The molecule has 0 unspecified atom stereocenters. The Labute approximate surface area is 137 Å². The van der Waals surface area contributed by atoms with E-state index in [2.05, 4.69) is 34.9 Å². The van der Waals surface area contributed by atoms with Crippen LogP contribution in [0.25, 0.3) is 0 Å². The third kappa shape index (κ3) is 5.53. The van der Waals surface area contributed by atoms with E-state index < -0.39 is 0 Å². The van der Waals surface area contributed by atoms with Crippen LogP contribution in [0.2, 0.25) is 0 Å². The Bertz CT molecular complexity index is 461.